The highest BCUT2D eigenvalue weighted by Gasteiger charge is 2.13. The second kappa shape index (κ2) is 6.91. The van der Waals surface area contributed by atoms with Gasteiger partial charge in [-0.25, -0.2) is 0 Å². The SMILES string of the molecule is CN(C)Cc1ccccc1CNC1CCCCC1. The summed E-state index contributed by atoms with van der Waals surface area (Å²) < 4.78 is 0. The summed E-state index contributed by atoms with van der Waals surface area (Å²) in [6, 6.07) is 9.54. The highest BCUT2D eigenvalue weighted by Crippen LogP contribution is 2.18. The Morgan fingerprint density at radius 1 is 1.06 bits per heavy atom. The Morgan fingerprint density at radius 3 is 2.39 bits per heavy atom. The third kappa shape index (κ3) is 4.11. The molecular weight excluding hydrogens is 220 g/mol. The first-order valence-electron chi connectivity index (χ1n) is 7.20. The van der Waals surface area contributed by atoms with Gasteiger partial charge in [0.15, 0.2) is 0 Å². The lowest BCUT2D eigenvalue weighted by Crippen LogP contribution is -2.31. The number of hydrogen-bond donors (Lipinski definition) is 1. The highest BCUT2D eigenvalue weighted by molar-refractivity contribution is 5.27. The number of benzene rings is 1. The maximum Gasteiger partial charge on any atom is 0.0230 e. The monoisotopic (exact) mass is 246 g/mol. The number of nitrogens with zero attached hydrogens (tertiary/aromatic N) is 1. The standard InChI is InChI=1S/C16H26N2/c1-18(2)13-15-9-7-6-8-14(15)12-17-16-10-4-3-5-11-16/h6-9,16-17H,3-5,10-13H2,1-2H3. The minimum absolute atomic E-state index is 0.742. The van der Waals surface area contributed by atoms with Crippen LogP contribution < -0.4 is 5.32 Å². The summed E-state index contributed by atoms with van der Waals surface area (Å²) in [4.78, 5) is 2.24. The Morgan fingerprint density at radius 2 is 1.72 bits per heavy atom. The van der Waals surface area contributed by atoms with Crippen molar-refractivity contribution in [2.75, 3.05) is 14.1 Å². The van der Waals surface area contributed by atoms with Crippen molar-refractivity contribution in [3.8, 4) is 0 Å². The van der Waals surface area contributed by atoms with Crippen molar-refractivity contribution in [2.45, 2.75) is 51.2 Å². The van der Waals surface area contributed by atoms with E-state index in [2.05, 4.69) is 48.6 Å². The van der Waals surface area contributed by atoms with Gasteiger partial charge < -0.3 is 10.2 Å². The zero-order valence-electron chi connectivity index (χ0n) is 11.8. The van der Waals surface area contributed by atoms with Crippen molar-refractivity contribution in [3.05, 3.63) is 35.4 Å². The van der Waals surface area contributed by atoms with E-state index in [1.165, 1.54) is 43.2 Å². The maximum absolute atomic E-state index is 3.73. The van der Waals surface area contributed by atoms with E-state index in [0.717, 1.165) is 19.1 Å². The third-order valence-electron chi connectivity index (χ3n) is 3.79. The van der Waals surface area contributed by atoms with Gasteiger partial charge in [0.1, 0.15) is 0 Å². The summed E-state index contributed by atoms with van der Waals surface area (Å²) in [5, 5.41) is 3.73. The molecule has 0 aliphatic heterocycles. The predicted octanol–water partition coefficient (Wildman–Crippen LogP) is 3.17. The fraction of sp³-hybridized carbons (Fsp3) is 0.625. The van der Waals surface area contributed by atoms with Gasteiger partial charge in [0.2, 0.25) is 0 Å². The molecule has 1 aromatic rings. The van der Waals surface area contributed by atoms with Crippen molar-refractivity contribution >= 4 is 0 Å². The largest absolute Gasteiger partial charge is 0.310 e. The van der Waals surface area contributed by atoms with Crippen LogP contribution in [0, 0.1) is 0 Å². The summed E-state index contributed by atoms with van der Waals surface area (Å²) in [5.41, 5.74) is 2.91. The summed E-state index contributed by atoms with van der Waals surface area (Å²) in [5.74, 6) is 0. The van der Waals surface area contributed by atoms with E-state index >= 15 is 0 Å². The first kappa shape index (κ1) is 13.6. The summed E-state index contributed by atoms with van der Waals surface area (Å²) >= 11 is 0. The summed E-state index contributed by atoms with van der Waals surface area (Å²) in [7, 11) is 4.26. The number of hydrogen-bond acceptors (Lipinski definition) is 2. The zero-order valence-corrected chi connectivity index (χ0v) is 11.8. The molecule has 100 valence electrons. The zero-order chi connectivity index (χ0) is 12.8. The average Bonchev–Trinajstić information content (AvgIpc) is 2.38. The minimum Gasteiger partial charge on any atom is -0.310 e. The van der Waals surface area contributed by atoms with Gasteiger partial charge in [0.05, 0.1) is 0 Å². The molecule has 0 radical (unpaired) electrons. The van der Waals surface area contributed by atoms with Crippen molar-refractivity contribution in [3.63, 3.8) is 0 Å². The molecule has 0 atom stereocenters. The lowest BCUT2D eigenvalue weighted by molar-refractivity contribution is 0.369. The van der Waals surface area contributed by atoms with Gasteiger partial charge in [-0.1, -0.05) is 43.5 Å². The molecule has 1 fully saturated rings. The normalized spacial score (nSPS) is 17.3. The Labute approximate surface area is 111 Å². The predicted molar refractivity (Wildman–Crippen MR) is 77.5 cm³/mol. The van der Waals surface area contributed by atoms with Crippen molar-refractivity contribution in [1.82, 2.24) is 10.2 Å². The second-order valence-corrected chi connectivity index (χ2v) is 5.72. The molecule has 1 saturated carbocycles. The molecular formula is C16H26N2. The molecule has 0 heterocycles. The molecule has 1 N–H and O–H groups in total. The number of rotatable bonds is 5. The van der Waals surface area contributed by atoms with Gasteiger partial charge in [-0.3, -0.25) is 0 Å². The fourth-order valence-electron chi connectivity index (χ4n) is 2.79. The second-order valence-electron chi connectivity index (χ2n) is 5.72. The molecule has 0 spiro atoms. The topological polar surface area (TPSA) is 15.3 Å². The third-order valence-corrected chi connectivity index (χ3v) is 3.79. The van der Waals surface area contributed by atoms with Crippen LogP contribution in [0.5, 0.6) is 0 Å². The molecule has 0 saturated heterocycles. The van der Waals surface area contributed by atoms with E-state index in [4.69, 9.17) is 0 Å². The van der Waals surface area contributed by atoms with Crippen molar-refractivity contribution in [1.29, 1.82) is 0 Å². The van der Waals surface area contributed by atoms with E-state index in [1.54, 1.807) is 0 Å². The molecule has 0 amide bonds. The fourth-order valence-corrected chi connectivity index (χ4v) is 2.79. The van der Waals surface area contributed by atoms with E-state index in [0.29, 0.717) is 0 Å². The lowest BCUT2D eigenvalue weighted by atomic mass is 9.95. The summed E-state index contributed by atoms with van der Waals surface area (Å²) in [6.07, 6.45) is 6.94. The minimum atomic E-state index is 0.742. The van der Waals surface area contributed by atoms with Gasteiger partial charge in [-0.05, 0) is 38.1 Å². The lowest BCUT2D eigenvalue weighted by Gasteiger charge is -2.23. The van der Waals surface area contributed by atoms with Crippen LogP contribution in [0.15, 0.2) is 24.3 Å². The Bertz CT molecular complexity index is 354. The van der Waals surface area contributed by atoms with Crippen LogP contribution in [-0.4, -0.2) is 25.0 Å². The Hall–Kier alpha value is -0.860. The maximum atomic E-state index is 3.73. The van der Waals surface area contributed by atoms with Crippen LogP contribution in [0.2, 0.25) is 0 Å². The van der Waals surface area contributed by atoms with Crippen LogP contribution in [0.1, 0.15) is 43.2 Å². The van der Waals surface area contributed by atoms with Crippen LogP contribution in [-0.2, 0) is 13.1 Å². The molecule has 0 unspecified atom stereocenters. The molecule has 1 aromatic carbocycles. The van der Waals surface area contributed by atoms with Gasteiger partial charge >= 0.3 is 0 Å². The smallest absolute Gasteiger partial charge is 0.0230 e. The first-order chi connectivity index (χ1) is 8.75. The highest BCUT2D eigenvalue weighted by atomic mass is 15.0. The molecule has 18 heavy (non-hydrogen) atoms. The van der Waals surface area contributed by atoms with E-state index in [-0.39, 0.29) is 0 Å². The number of nitrogens with one attached hydrogen (secondary N) is 1. The molecule has 2 rings (SSSR count). The molecule has 0 aromatic heterocycles. The van der Waals surface area contributed by atoms with Crippen molar-refractivity contribution < 1.29 is 0 Å². The van der Waals surface area contributed by atoms with Crippen LogP contribution >= 0.6 is 0 Å². The quantitative estimate of drug-likeness (QED) is 0.858. The average molecular weight is 246 g/mol. The van der Waals surface area contributed by atoms with Crippen LogP contribution in [0.25, 0.3) is 0 Å². The van der Waals surface area contributed by atoms with E-state index in [9.17, 15) is 0 Å². The van der Waals surface area contributed by atoms with Crippen LogP contribution in [0.4, 0.5) is 0 Å². The van der Waals surface area contributed by atoms with E-state index in [1.807, 2.05) is 0 Å². The first-order valence-corrected chi connectivity index (χ1v) is 7.20. The van der Waals surface area contributed by atoms with Gasteiger partial charge in [-0.2, -0.15) is 0 Å². The van der Waals surface area contributed by atoms with Gasteiger partial charge in [0.25, 0.3) is 0 Å². The van der Waals surface area contributed by atoms with E-state index < -0.39 is 0 Å². The molecule has 2 heteroatoms. The Kier molecular flexibility index (Phi) is 5.21. The molecule has 1 aliphatic rings. The van der Waals surface area contributed by atoms with Gasteiger partial charge in [0, 0.05) is 19.1 Å². The van der Waals surface area contributed by atoms with Gasteiger partial charge in [-0.15, -0.1) is 0 Å². The molecule has 1 aliphatic carbocycles. The van der Waals surface area contributed by atoms with Crippen LogP contribution in [0.3, 0.4) is 0 Å². The molecule has 2 nitrogen and oxygen atoms in total. The van der Waals surface area contributed by atoms with Crippen molar-refractivity contribution in [2.24, 2.45) is 0 Å². The summed E-state index contributed by atoms with van der Waals surface area (Å²) in [6.45, 7) is 2.05. The molecule has 0 bridgehead atoms. The Balaban J connectivity index is 1.91.